The molecule has 1 N–H and O–H groups in total. The van der Waals surface area contributed by atoms with Gasteiger partial charge >= 0.3 is 5.97 Å². The number of hydrogen-bond donors (Lipinski definition) is 1. The van der Waals surface area contributed by atoms with Crippen LogP contribution < -0.4 is 0 Å². The van der Waals surface area contributed by atoms with Gasteiger partial charge in [0, 0.05) is 0 Å². The van der Waals surface area contributed by atoms with Gasteiger partial charge in [-0.3, -0.25) is 4.79 Å². The molecular weight excluding hydrogens is 176 g/mol. The van der Waals surface area contributed by atoms with Gasteiger partial charge in [-0.25, -0.2) is 0 Å². The van der Waals surface area contributed by atoms with Crippen LogP contribution in [0.15, 0.2) is 37.0 Å². The Morgan fingerprint density at radius 1 is 1.50 bits per heavy atom. The first-order valence-electron chi connectivity index (χ1n) is 4.86. The van der Waals surface area contributed by atoms with Gasteiger partial charge in [0.05, 0.1) is 6.42 Å². The smallest absolute Gasteiger partial charge is 0.303 e. The Labute approximate surface area is 84.6 Å². The molecule has 0 amide bonds. The molecule has 2 nitrogen and oxygen atoms in total. The maximum Gasteiger partial charge on any atom is 0.303 e. The van der Waals surface area contributed by atoms with E-state index in [0.717, 1.165) is 18.4 Å². The molecule has 0 aromatic carbocycles. The highest BCUT2D eigenvalue weighted by molar-refractivity contribution is 5.68. The van der Waals surface area contributed by atoms with E-state index in [-0.39, 0.29) is 12.3 Å². The Kier molecular flexibility index (Phi) is 3.69. The standard InChI is InChI=1S/C12H16O2/c1-3-5-9(4-2)11(8-12(13)14)10-6-7-10/h3-5,10-11H,1-2,6-8H2,(H,13,14)/b9-5+. The van der Waals surface area contributed by atoms with Crippen molar-refractivity contribution >= 4 is 5.97 Å². The molecule has 0 aromatic heterocycles. The van der Waals surface area contributed by atoms with Gasteiger partial charge < -0.3 is 5.11 Å². The molecule has 0 radical (unpaired) electrons. The first-order chi connectivity index (χ1) is 6.69. The molecule has 1 unspecified atom stereocenters. The number of carbonyl (C=O) groups is 1. The third-order valence-electron chi connectivity index (χ3n) is 2.56. The van der Waals surface area contributed by atoms with Crippen molar-refractivity contribution < 1.29 is 9.90 Å². The summed E-state index contributed by atoms with van der Waals surface area (Å²) in [6, 6.07) is 0. The summed E-state index contributed by atoms with van der Waals surface area (Å²) >= 11 is 0. The lowest BCUT2D eigenvalue weighted by atomic mass is 9.90. The fourth-order valence-corrected chi connectivity index (χ4v) is 1.72. The molecule has 0 bridgehead atoms. The van der Waals surface area contributed by atoms with Crippen molar-refractivity contribution in [1.82, 2.24) is 0 Å². The van der Waals surface area contributed by atoms with Crippen LogP contribution in [0.2, 0.25) is 0 Å². The summed E-state index contributed by atoms with van der Waals surface area (Å²) in [6.45, 7) is 7.33. The van der Waals surface area contributed by atoms with E-state index in [9.17, 15) is 4.79 Å². The fraction of sp³-hybridized carbons (Fsp3) is 0.417. The number of carboxylic acid groups (broad SMARTS) is 1. The molecule has 0 spiro atoms. The first kappa shape index (κ1) is 10.8. The molecular formula is C12H16O2. The first-order valence-corrected chi connectivity index (χ1v) is 4.86. The van der Waals surface area contributed by atoms with Crippen LogP contribution in [0.25, 0.3) is 0 Å². The Morgan fingerprint density at radius 2 is 2.14 bits per heavy atom. The average molecular weight is 192 g/mol. The maximum absolute atomic E-state index is 10.7. The zero-order valence-electron chi connectivity index (χ0n) is 8.28. The Bertz CT molecular complexity index is 272. The normalized spacial score (nSPS) is 18.7. The fourth-order valence-electron chi connectivity index (χ4n) is 1.72. The van der Waals surface area contributed by atoms with Gasteiger partial charge in [-0.1, -0.05) is 31.4 Å². The van der Waals surface area contributed by atoms with E-state index in [2.05, 4.69) is 13.2 Å². The van der Waals surface area contributed by atoms with Crippen molar-refractivity contribution in [3.8, 4) is 0 Å². The molecule has 1 aliphatic carbocycles. The molecule has 14 heavy (non-hydrogen) atoms. The van der Waals surface area contributed by atoms with Gasteiger partial charge in [-0.15, -0.1) is 0 Å². The van der Waals surface area contributed by atoms with Crippen LogP contribution in [-0.2, 0) is 4.79 Å². The predicted octanol–water partition coefficient (Wildman–Crippen LogP) is 2.79. The molecule has 1 aliphatic rings. The topological polar surface area (TPSA) is 37.3 Å². The zero-order valence-corrected chi connectivity index (χ0v) is 8.28. The minimum atomic E-state index is -0.737. The predicted molar refractivity (Wildman–Crippen MR) is 56.9 cm³/mol. The van der Waals surface area contributed by atoms with Gasteiger partial charge in [0.2, 0.25) is 0 Å². The zero-order chi connectivity index (χ0) is 10.6. The summed E-state index contributed by atoms with van der Waals surface area (Å²) in [5.41, 5.74) is 1.00. The second-order valence-electron chi connectivity index (χ2n) is 3.65. The lowest BCUT2D eigenvalue weighted by molar-refractivity contribution is -0.137. The molecule has 0 saturated heterocycles. The molecule has 0 heterocycles. The van der Waals surface area contributed by atoms with Crippen LogP contribution in [0.4, 0.5) is 0 Å². The quantitative estimate of drug-likeness (QED) is 0.657. The van der Waals surface area contributed by atoms with Crippen LogP contribution in [0, 0.1) is 11.8 Å². The number of hydrogen-bond acceptors (Lipinski definition) is 1. The molecule has 2 heteroatoms. The summed E-state index contributed by atoms with van der Waals surface area (Å²) in [4.78, 5) is 10.7. The lowest BCUT2D eigenvalue weighted by Crippen LogP contribution is -2.11. The summed E-state index contributed by atoms with van der Waals surface area (Å²) in [6.07, 6.45) is 7.78. The summed E-state index contributed by atoms with van der Waals surface area (Å²) in [5, 5.41) is 8.79. The van der Waals surface area contributed by atoms with Crippen molar-refractivity contribution in [2.75, 3.05) is 0 Å². The van der Waals surface area contributed by atoms with Crippen LogP contribution in [0.3, 0.4) is 0 Å². The van der Waals surface area contributed by atoms with Gasteiger partial charge in [0.1, 0.15) is 0 Å². The van der Waals surface area contributed by atoms with Gasteiger partial charge in [-0.2, -0.15) is 0 Å². The SMILES string of the molecule is C=C/C=C(\C=C)C(CC(=O)O)C1CC1. The minimum absolute atomic E-state index is 0.128. The third-order valence-corrected chi connectivity index (χ3v) is 2.56. The van der Waals surface area contributed by atoms with Crippen molar-refractivity contribution in [3.63, 3.8) is 0 Å². The summed E-state index contributed by atoms with van der Waals surface area (Å²) in [5.74, 6) is -0.0722. The highest BCUT2D eigenvalue weighted by Gasteiger charge is 2.33. The van der Waals surface area contributed by atoms with Crippen LogP contribution in [-0.4, -0.2) is 11.1 Å². The van der Waals surface area contributed by atoms with Crippen molar-refractivity contribution in [1.29, 1.82) is 0 Å². The van der Waals surface area contributed by atoms with E-state index in [0.29, 0.717) is 5.92 Å². The molecule has 1 rings (SSSR count). The van der Waals surface area contributed by atoms with E-state index in [4.69, 9.17) is 5.11 Å². The second kappa shape index (κ2) is 4.80. The van der Waals surface area contributed by atoms with Crippen molar-refractivity contribution in [2.24, 2.45) is 11.8 Å². The number of carboxylic acids is 1. The van der Waals surface area contributed by atoms with E-state index in [1.54, 1.807) is 12.2 Å². The summed E-state index contributed by atoms with van der Waals surface area (Å²) in [7, 11) is 0. The molecule has 1 fully saturated rings. The minimum Gasteiger partial charge on any atom is -0.481 e. The van der Waals surface area contributed by atoms with Gasteiger partial charge in [0.25, 0.3) is 0 Å². The summed E-state index contributed by atoms with van der Waals surface area (Å²) < 4.78 is 0. The molecule has 1 atom stereocenters. The van der Waals surface area contributed by atoms with Crippen molar-refractivity contribution in [3.05, 3.63) is 37.0 Å². The second-order valence-corrected chi connectivity index (χ2v) is 3.65. The van der Waals surface area contributed by atoms with E-state index in [1.165, 1.54) is 0 Å². The molecule has 0 aliphatic heterocycles. The highest BCUT2D eigenvalue weighted by atomic mass is 16.4. The molecule has 1 saturated carbocycles. The van der Waals surface area contributed by atoms with Crippen molar-refractivity contribution in [2.45, 2.75) is 19.3 Å². The number of rotatable bonds is 6. The number of allylic oxidation sites excluding steroid dienone is 4. The van der Waals surface area contributed by atoms with E-state index < -0.39 is 5.97 Å². The van der Waals surface area contributed by atoms with E-state index in [1.807, 2.05) is 6.08 Å². The van der Waals surface area contributed by atoms with Gasteiger partial charge in [-0.05, 0) is 30.3 Å². The number of aliphatic carboxylic acids is 1. The Hall–Kier alpha value is -1.31. The van der Waals surface area contributed by atoms with Crippen LogP contribution in [0.5, 0.6) is 0 Å². The highest BCUT2D eigenvalue weighted by Crippen LogP contribution is 2.42. The monoisotopic (exact) mass is 192 g/mol. The van der Waals surface area contributed by atoms with Crippen LogP contribution in [0.1, 0.15) is 19.3 Å². The Balaban J connectivity index is 2.73. The third kappa shape index (κ3) is 2.87. The Morgan fingerprint density at radius 3 is 2.50 bits per heavy atom. The maximum atomic E-state index is 10.7. The largest absolute Gasteiger partial charge is 0.481 e. The van der Waals surface area contributed by atoms with Crippen LogP contribution >= 0.6 is 0 Å². The lowest BCUT2D eigenvalue weighted by Gasteiger charge is -2.14. The van der Waals surface area contributed by atoms with Gasteiger partial charge in [0.15, 0.2) is 0 Å². The molecule has 76 valence electrons. The molecule has 0 aromatic rings. The average Bonchev–Trinajstić information content (AvgIpc) is 2.93. The van der Waals surface area contributed by atoms with E-state index >= 15 is 0 Å².